The lowest BCUT2D eigenvalue weighted by molar-refractivity contribution is 0.0941. The zero-order chi connectivity index (χ0) is 10.8. The number of carbonyl (C=O) groups is 1. The summed E-state index contributed by atoms with van der Waals surface area (Å²) in [7, 11) is 0. The van der Waals surface area contributed by atoms with E-state index in [-0.39, 0.29) is 5.91 Å². The first-order valence-electron chi connectivity index (χ1n) is 4.47. The Balaban J connectivity index is 2.52. The summed E-state index contributed by atoms with van der Waals surface area (Å²) in [6, 6.07) is 1.69. The number of hydrogen-bond acceptors (Lipinski definition) is 3. The minimum Gasteiger partial charge on any atom is -0.349 e. The van der Waals surface area contributed by atoms with Gasteiger partial charge in [0, 0.05) is 17.8 Å². The molecule has 0 fully saturated rings. The molecule has 0 atom stereocenters. The Morgan fingerprint density at radius 1 is 1.71 bits per heavy atom. The number of rotatable bonds is 3. The van der Waals surface area contributed by atoms with Gasteiger partial charge in [-0.25, -0.2) is 0 Å². The van der Waals surface area contributed by atoms with Crippen molar-refractivity contribution >= 4 is 5.91 Å². The largest absolute Gasteiger partial charge is 0.349 e. The predicted molar refractivity (Wildman–Crippen MR) is 53.9 cm³/mol. The molecule has 1 rings (SSSR count). The molecule has 1 aromatic heterocycles. The van der Waals surface area contributed by atoms with Gasteiger partial charge in [-0.15, -0.1) is 0 Å². The predicted octanol–water partition coefficient (Wildman–Crippen LogP) is 0.185. The van der Waals surface area contributed by atoms with E-state index in [2.05, 4.69) is 15.5 Å². The van der Waals surface area contributed by atoms with Gasteiger partial charge in [-0.1, -0.05) is 0 Å². The van der Waals surface area contributed by atoms with Crippen LogP contribution >= 0.6 is 0 Å². The molecule has 0 saturated carbocycles. The molecule has 0 saturated heterocycles. The average molecular weight is 196 g/mol. The maximum Gasteiger partial charge on any atom is 0.271 e. The lowest BCUT2D eigenvalue weighted by atomic mass is 10.1. The topological polar surface area (TPSA) is 83.8 Å². The van der Waals surface area contributed by atoms with Crippen LogP contribution in [0.4, 0.5) is 0 Å². The minimum atomic E-state index is -0.402. The summed E-state index contributed by atoms with van der Waals surface area (Å²) in [5.74, 6) is -0.201. The van der Waals surface area contributed by atoms with Crippen molar-refractivity contribution in [1.82, 2.24) is 15.5 Å². The normalized spacial score (nSPS) is 11.4. The van der Waals surface area contributed by atoms with Gasteiger partial charge in [0.1, 0.15) is 5.69 Å². The van der Waals surface area contributed by atoms with Gasteiger partial charge in [0.05, 0.1) is 0 Å². The Bertz CT molecular complexity index is 324. The number of H-pyrrole nitrogens is 1. The highest BCUT2D eigenvalue weighted by Gasteiger charge is 2.14. The van der Waals surface area contributed by atoms with Gasteiger partial charge >= 0.3 is 0 Å². The molecule has 4 N–H and O–H groups in total. The average Bonchev–Trinajstić information content (AvgIpc) is 2.46. The number of amides is 1. The van der Waals surface area contributed by atoms with Gasteiger partial charge in [-0.05, 0) is 26.8 Å². The number of nitrogens with two attached hydrogens (primary N) is 1. The van der Waals surface area contributed by atoms with Crippen molar-refractivity contribution in [1.29, 1.82) is 0 Å². The van der Waals surface area contributed by atoms with E-state index < -0.39 is 5.54 Å². The number of nitrogens with one attached hydrogen (secondary N) is 2. The highest BCUT2D eigenvalue weighted by atomic mass is 16.1. The fourth-order valence-corrected chi connectivity index (χ4v) is 0.933. The van der Waals surface area contributed by atoms with E-state index in [9.17, 15) is 4.79 Å². The molecule has 14 heavy (non-hydrogen) atoms. The van der Waals surface area contributed by atoms with Gasteiger partial charge in [0.2, 0.25) is 0 Å². The third kappa shape index (κ3) is 3.18. The smallest absolute Gasteiger partial charge is 0.271 e. The first-order valence-corrected chi connectivity index (χ1v) is 4.47. The monoisotopic (exact) mass is 196 g/mol. The summed E-state index contributed by atoms with van der Waals surface area (Å²) in [6.07, 6.45) is 0. The van der Waals surface area contributed by atoms with Crippen LogP contribution in [-0.4, -0.2) is 28.2 Å². The van der Waals surface area contributed by atoms with Crippen molar-refractivity contribution in [2.45, 2.75) is 26.3 Å². The van der Waals surface area contributed by atoms with Gasteiger partial charge in [-0.2, -0.15) is 5.10 Å². The molecule has 1 heterocycles. The molecule has 5 heteroatoms. The lowest BCUT2D eigenvalue weighted by Gasteiger charge is -2.18. The third-order valence-electron chi connectivity index (χ3n) is 1.64. The third-order valence-corrected chi connectivity index (χ3v) is 1.64. The van der Waals surface area contributed by atoms with Gasteiger partial charge < -0.3 is 11.1 Å². The summed E-state index contributed by atoms with van der Waals surface area (Å²) in [5.41, 5.74) is 6.58. The molecule has 0 bridgehead atoms. The Kier molecular flexibility index (Phi) is 2.90. The molecule has 0 unspecified atom stereocenters. The fraction of sp³-hybridized carbons (Fsp3) is 0.556. The molecule has 0 aliphatic rings. The van der Waals surface area contributed by atoms with E-state index in [0.29, 0.717) is 12.2 Å². The van der Waals surface area contributed by atoms with Crippen LogP contribution in [-0.2, 0) is 0 Å². The molecule has 1 aromatic rings. The van der Waals surface area contributed by atoms with E-state index in [1.807, 2.05) is 20.8 Å². The second-order valence-electron chi connectivity index (χ2n) is 4.11. The zero-order valence-corrected chi connectivity index (χ0v) is 8.72. The summed E-state index contributed by atoms with van der Waals surface area (Å²) in [6.45, 7) is 5.97. The molecule has 5 nitrogen and oxygen atoms in total. The molecule has 0 aliphatic carbocycles. The van der Waals surface area contributed by atoms with Crippen LogP contribution in [0.3, 0.4) is 0 Å². The number of hydrogen-bond donors (Lipinski definition) is 3. The standard InChI is InChI=1S/C9H16N4O/c1-6-4-7(13-12-6)8(14)11-5-9(2,3)10/h4H,5,10H2,1-3H3,(H,11,14)(H,12,13). The Morgan fingerprint density at radius 2 is 2.36 bits per heavy atom. The fourth-order valence-electron chi connectivity index (χ4n) is 0.933. The second kappa shape index (κ2) is 3.79. The molecule has 0 spiro atoms. The Labute approximate surface area is 83.1 Å². The maximum atomic E-state index is 11.5. The van der Waals surface area contributed by atoms with Crippen LogP contribution < -0.4 is 11.1 Å². The lowest BCUT2D eigenvalue weighted by Crippen LogP contribution is -2.45. The summed E-state index contributed by atoms with van der Waals surface area (Å²) < 4.78 is 0. The molecular formula is C9H16N4O. The van der Waals surface area contributed by atoms with Crippen molar-refractivity contribution in [2.24, 2.45) is 5.73 Å². The quantitative estimate of drug-likeness (QED) is 0.645. The van der Waals surface area contributed by atoms with Crippen LogP contribution in [0.5, 0.6) is 0 Å². The molecule has 0 aromatic carbocycles. The van der Waals surface area contributed by atoms with E-state index in [1.165, 1.54) is 0 Å². The van der Waals surface area contributed by atoms with Crippen LogP contribution in [0, 0.1) is 6.92 Å². The minimum absolute atomic E-state index is 0.201. The van der Waals surface area contributed by atoms with Crippen LogP contribution in [0.25, 0.3) is 0 Å². The van der Waals surface area contributed by atoms with E-state index >= 15 is 0 Å². The molecular weight excluding hydrogens is 180 g/mol. The van der Waals surface area contributed by atoms with Crippen molar-refractivity contribution in [3.63, 3.8) is 0 Å². The molecule has 0 aliphatic heterocycles. The van der Waals surface area contributed by atoms with Gasteiger partial charge in [0.25, 0.3) is 5.91 Å². The molecule has 78 valence electrons. The van der Waals surface area contributed by atoms with Crippen LogP contribution in [0.1, 0.15) is 30.0 Å². The van der Waals surface area contributed by atoms with E-state index in [4.69, 9.17) is 5.73 Å². The van der Waals surface area contributed by atoms with Crippen molar-refractivity contribution in [2.75, 3.05) is 6.54 Å². The van der Waals surface area contributed by atoms with Crippen molar-refractivity contribution < 1.29 is 4.79 Å². The number of aromatic amines is 1. The highest BCUT2D eigenvalue weighted by Crippen LogP contribution is 1.98. The van der Waals surface area contributed by atoms with Crippen molar-refractivity contribution in [3.05, 3.63) is 17.5 Å². The first kappa shape index (κ1) is 10.7. The summed E-state index contributed by atoms with van der Waals surface area (Å²) in [5, 5.41) is 9.25. The Morgan fingerprint density at radius 3 is 2.79 bits per heavy atom. The van der Waals surface area contributed by atoms with Crippen LogP contribution in [0.15, 0.2) is 6.07 Å². The van der Waals surface area contributed by atoms with Crippen LogP contribution in [0.2, 0.25) is 0 Å². The second-order valence-corrected chi connectivity index (χ2v) is 4.11. The van der Waals surface area contributed by atoms with Gasteiger partial charge in [-0.3, -0.25) is 9.89 Å². The van der Waals surface area contributed by atoms with E-state index in [0.717, 1.165) is 5.69 Å². The van der Waals surface area contributed by atoms with E-state index in [1.54, 1.807) is 6.07 Å². The Hall–Kier alpha value is -1.36. The number of aryl methyl sites for hydroxylation is 1. The molecule has 1 amide bonds. The SMILES string of the molecule is Cc1cc(C(=O)NCC(C)(C)N)n[nH]1. The van der Waals surface area contributed by atoms with Gasteiger partial charge in [0.15, 0.2) is 0 Å². The summed E-state index contributed by atoms with van der Waals surface area (Å²) >= 11 is 0. The summed E-state index contributed by atoms with van der Waals surface area (Å²) in [4.78, 5) is 11.5. The number of aromatic nitrogens is 2. The number of nitrogens with zero attached hydrogens (tertiary/aromatic N) is 1. The number of carbonyl (C=O) groups excluding carboxylic acids is 1. The zero-order valence-electron chi connectivity index (χ0n) is 8.72. The molecule has 0 radical (unpaired) electrons. The first-order chi connectivity index (χ1) is 6.38. The maximum absolute atomic E-state index is 11.5. The van der Waals surface area contributed by atoms with Crippen molar-refractivity contribution in [3.8, 4) is 0 Å². The highest BCUT2D eigenvalue weighted by molar-refractivity contribution is 5.92.